The Morgan fingerprint density at radius 2 is 2.06 bits per heavy atom. The molecular formula is C15H29NO2. The third-order valence-corrected chi connectivity index (χ3v) is 4.06. The van der Waals surface area contributed by atoms with Gasteiger partial charge in [0.25, 0.3) is 0 Å². The number of carbonyl (C=O) groups is 1. The molecule has 1 aliphatic heterocycles. The predicted octanol–water partition coefficient (Wildman–Crippen LogP) is 3.25. The van der Waals surface area contributed by atoms with Crippen molar-refractivity contribution in [2.45, 2.75) is 53.4 Å². The van der Waals surface area contributed by atoms with Gasteiger partial charge in [-0.25, -0.2) is 0 Å². The Bertz CT molecular complexity index is 278. The van der Waals surface area contributed by atoms with E-state index in [1.165, 1.54) is 6.42 Å². The lowest BCUT2D eigenvalue weighted by atomic mass is 9.83. The van der Waals surface area contributed by atoms with Gasteiger partial charge in [-0.1, -0.05) is 34.1 Å². The summed E-state index contributed by atoms with van der Waals surface area (Å²) in [5, 5.41) is 9.47. The number of rotatable bonds is 7. The molecule has 0 aliphatic carbocycles. The largest absolute Gasteiger partial charge is 0.481 e. The predicted molar refractivity (Wildman–Crippen MR) is 74.7 cm³/mol. The van der Waals surface area contributed by atoms with Gasteiger partial charge in [-0.05, 0) is 37.6 Å². The molecule has 106 valence electrons. The number of carboxylic acid groups (broad SMARTS) is 1. The summed E-state index contributed by atoms with van der Waals surface area (Å²) in [4.78, 5) is 13.9. The molecule has 1 fully saturated rings. The van der Waals surface area contributed by atoms with Gasteiger partial charge in [-0.2, -0.15) is 0 Å². The quantitative estimate of drug-likeness (QED) is 0.759. The van der Waals surface area contributed by atoms with Gasteiger partial charge < -0.3 is 10.0 Å². The number of hydrogen-bond acceptors (Lipinski definition) is 2. The molecule has 0 saturated carbocycles. The van der Waals surface area contributed by atoms with Gasteiger partial charge in [0.15, 0.2) is 0 Å². The minimum absolute atomic E-state index is 0.466. The van der Waals surface area contributed by atoms with Crippen LogP contribution in [0.3, 0.4) is 0 Å². The lowest BCUT2D eigenvalue weighted by Gasteiger charge is -2.26. The van der Waals surface area contributed by atoms with Gasteiger partial charge in [0.2, 0.25) is 0 Å². The first kappa shape index (κ1) is 15.5. The Balaban J connectivity index is 2.51. The molecular weight excluding hydrogens is 226 g/mol. The molecule has 1 aliphatic rings. The summed E-state index contributed by atoms with van der Waals surface area (Å²) in [6.45, 7) is 11.6. The van der Waals surface area contributed by atoms with Crippen molar-refractivity contribution in [1.29, 1.82) is 0 Å². The molecule has 0 bridgehead atoms. The van der Waals surface area contributed by atoms with E-state index in [0.29, 0.717) is 5.92 Å². The van der Waals surface area contributed by atoms with Crippen molar-refractivity contribution in [2.75, 3.05) is 19.6 Å². The molecule has 1 N–H and O–H groups in total. The molecule has 0 radical (unpaired) electrons. The normalized spacial score (nSPS) is 26.7. The first-order valence-corrected chi connectivity index (χ1v) is 7.35. The smallest absolute Gasteiger partial charge is 0.310 e. The molecule has 2 atom stereocenters. The van der Waals surface area contributed by atoms with Crippen molar-refractivity contribution in [2.24, 2.45) is 17.3 Å². The zero-order chi connectivity index (χ0) is 13.8. The second-order valence-corrected chi connectivity index (χ2v) is 6.56. The maximum absolute atomic E-state index is 11.5. The van der Waals surface area contributed by atoms with Crippen molar-refractivity contribution < 1.29 is 9.90 Å². The van der Waals surface area contributed by atoms with E-state index in [0.717, 1.165) is 44.8 Å². The Morgan fingerprint density at radius 1 is 1.39 bits per heavy atom. The average molecular weight is 255 g/mol. The highest BCUT2D eigenvalue weighted by molar-refractivity contribution is 5.75. The van der Waals surface area contributed by atoms with Crippen LogP contribution < -0.4 is 0 Å². The zero-order valence-electron chi connectivity index (χ0n) is 12.4. The monoisotopic (exact) mass is 255 g/mol. The molecule has 2 unspecified atom stereocenters. The van der Waals surface area contributed by atoms with Gasteiger partial charge in [0, 0.05) is 13.1 Å². The maximum atomic E-state index is 11.5. The van der Waals surface area contributed by atoms with E-state index in [1.807, 2.05) is 0 Å². The van der Waals surface area contributed by atoms with Gasteiger partial charge in [-0.3, -0.25) is 4.79 Å². The first-order chi connectivity index (χ1) is 8.39. The van der Waals surface area contributed by atoms with Gasteiger partial charge in [-0.15, -0.1) is 0 Å². The molecule has 0 spiro atoms. The van der Waals surface area contributed by atoms with Crippen LogP contribution in [0.5, 0.6) is 0 Å². The number of likely N-dealkylation sites (tertiary alicyclic amines) is 1. The third-order valence-electron chi connectivity index (χ3n) is 4.06. The number of hydrogen-bond donors (Lipinski definition) is 1. The third kappa shape index (κ3) is 3.98. The van der Waals surface area contributed by atoms with E-state index >= 15 is 0 Å². The van der Waals surface area contributed by atoms with E-state index in [1.54, 1.807) is 0 Å². The highest BCUT2D eigenvalue weighted by atomic mass is 16.4. The van der Waals surface area contributed by atoms with Crippen LogP contribution in [-0.4, -0.2) is 35.6 Å². The minimum atomic E-state index is -0.594. The second-order valence-electron chi connectivity index (χ2n) is 6.56. The van der Waals surface area contributed by atoms with Crippen LogP contribution in [0.15, 0.2) is 0 Å². The van der Waals surface area contributed by atoms with Gasteiger partial charge >= 0.3 is 5.97 Å². The lowest BCUT2D eigenvalue weighted by molar-refractivity contribution is -0.148. The summed E-state index contributed by atoms with van der Waals surface area (Å²) < 4.78 is 0. The molecule has 3 nitrogen and oxygen atoms in total. The summed E-state index contributed by atoms with van der Waals surface area (Å²) >= 11 is 0. The first-order valence-electron chi connectivity index (χ1n) is 7.35. The van der Waals surface area contributed by atoms with Crippen LogP contribution in [-0.2, 0) is 4.79 Å². The molecule has 0 amide bonds. The SMILES string of the molecule is CCCC1(C(=O)O)CCN(CC(C)CC(C)C)C1. The van der Waals surface area contributed by atoms with Crippen molar-refractivity contribution in [3.63, 3.8) is 0 Å². The van der Waals surface area contributed by atoms with Crippen LogP contribution in [0, 0.1) is 17.3 Å². The van der Waals surface area contributed by atoms with E-state index in [4.69, 9.17) is 0 Å². The molecule has 1 saturated heterocycles. The van der Waals surface area contributed by atoms with Gasteiger partial charge in [0.1, 0.15) is 0 Å². The van der Waals surface area contributed by atoms with Crippen LogP contribution in [0.2, 0.25) is 0 Å². The molecule has 1 heterocycles. The van der Waals surface area contributed by atoms with E-state index in [9.17, 15) is 9.90 Å². The Labute approximate surface area is 112 Å². The number of nitrogens with zero attached hydrogens (tertiary/aromatic N) is 1. The summed E-state index contributed by atoms with van der Waals surface area (Å²) in [5.74, 6) is 0.794. The molecule has 18 heavy (non-hydrogen) atoms. The van der Waals surface area contributed by atoms with E-state index < -0.39 is 11.4 Å². The van der Waals surface area contributed by atoms with E-state index in [-0.39, 0.29) is 0 Å². The van der Waals surface area contributed by atoms with Crippen molar-refractivity contribution >= 4 is 5.97 Å². The highest BCUT2D eigenvalue weighted by Gasteiger charge is 2.43. The minimum Gasteiger partial charge on any atom is -0.481 e. The van der Waals surface area contributed by atoms with Gasteiger partial charge in [0.05, 0.1) is 5.41 Å². The zero-order valence-corrected chi connectivity index (χ0v) is 12.4. The fourth-order valence-corrected chi connectivity index (χ4v) is 3.40. The summed E-state index contributed by atoms with van der Waals surface area (Å²) in [7, 11) is 0. The summed E-state index contributed by atoms with van der Waals surface area (Å²) in [6, 6.07) is 0. The topological polar surface area (TPSA) is 40.5 Å². The Kier molecular flexibility index (Phi) is 5.64. The molecule has 0 aromatic heterocycles. The fraction of sp³-hybridized carbons (Fsp3) is 0.933. The van der Waals surface area contributed by atoms with Crippen molar-refractivity contribution in [3.05, 3.63) is 0 Å². The molecule has 0 aromatic carbocycles. The molecule has 1 rings (SSSR count). The van der Waals surface area contributed by atoms with Crippen LogP contribution in [0.4, 0.5) is 0 Å². The Morgan fingerprint density at radius 3 is 2.56 bits per heavy atom. The summed E-state index contributed by atoms with van der Waals surface area (Å²) in [5.41, 5.74) is -0.466. The number of carboxylic acids is 1. The average Bonchev–Trinajstić information content (AvgIpc) is 2.61. The lowest BCUT2D eigenvalue weighted by Crippen LogP contribution is -2.36. The molecule has 0 aromatic rings. The van der Waals surface area contributed by atoms with Crippen LogP contribution >= 0.6 is 0 Å². The Hall–Kier alpha value is -0.570. The summed E-state index contributed by atoms with van der Waals surface area (Å²) in [6.07, 6.45) is 3.83. The highest BCUT2D eigenvalue weighted by Crippen LogP contribution is 2.36. The number of aliphatic carboxylic acids is 1. The van der Waals surface area contributed by atoms with Crippen molar-refractivity contribution in [1.82, 2.24) is 4.90 Å². The van der Waals surface area contributed by atoms with Crippen LogP contribution in [0.1, 0.15) is 53.4 Å². The standard InChI is InChI=1S/C15H29NO2/c1-5-6-15(14(17)18)7-8-16(11-15)10-13(4)9-12(2)3/h12-13H,5-11H2,1-4H3,(H,17,18). The van der Waals surface area contributed by atoms with Crippen LogP contribution in [0.25, 0.3) is 0 Å². The van der Waals surface area contributed by atoms with Crippen molar-refractivity contribution in [3.8, 4) is 0 Å². The molecule has 3 heteroatoms. The maximum Gasteiger partial charge on any atom is 0.310 e. The fourth-order valence-electron chi connectivity index (χ4n) is 3.40. The van der Waals surface area contributed by atoms with E-state index in [2.05, 4.69) is 32.6 Å². The second kappa shape index (κ2) is 6.55.